The molecule has 1 rings (SSSR count). The van der Waals surface area contributed by atoms with E-state index >= 15 is 0 Å². The van der Waals surface area contributed by atoms with Crippen LogP contribution in [0.1, 0.15) is 59.1 Å². The Labute approximate surface area is 234 Å². The Morgan fingerprint density at radius 2 is 1.52 bits per heavy atom. The van der Waals surface area contributed by atoms with Crippen LogP contribution < -0.4 is 16.4 Å². The molecule has 0 saturated heterocycles. The summed E-state index contributed by atoms with van der Waals surface area (Å²) in [6.45, 7) is 7.16. The molecule has 0 heterocycles. The lowest BCUT2D eigenvalue weighted by molar-refractivity contribution is -0.173. The molecule has 0 aliphatic rings. The normalized spacial score (nSPS) is 16.2. The molecule has 1 aromatic carbocycles. The molecule has 13 heteroatoms. The van der Waals surface area contributed by atoms with Gasteiger partial charge in [-0.2, -0.15) is 0 Å². The molecule has 0 aromatic heterocycles. The van der Waals surface area contributed by atoms with Crippen LogP contribution in [-0.4, -0.2) is 88.0 Å². The Hall–Kier alpha value is -3.10. The Bertz CT molecular complexity index is 967. The summed E-state index contributed by atoms with van der Waals surface area (Å²) in [6, 6.07) is 4.82. The maximum absolute atomic E-state index is 12.8. The number of carbonyl (C=O) groups is 4. The lowest BCUT2D eigenvalue weighted by Crippen LogP contribution is -2.58. The monoisotopic (exact) mass is 569 g/mol. The van der Waals surface area contributed by atoms with Gasteiger partial charge in [0.25, 0.3) is 5.91 Å². The number of nitrogens with one attached hydrogen (secondary N) is 2. The van der Waals surface area contributed by atoms with Crippen LogP contribution in [0.5, 0.6) is 0 Å². The van der Waals surface area contributed by atoms with Crippen LogP contribution in [0, 0.1) is 11.3 Å². The van der Waals surface area contributed by atoms with Crippen molar-refractivity contribution in [1.29, 1.82) is 0 Å². The molecule has 0 aliphatic carbocycles. The lowest BCUT2D eigenvalue weighted by Gasteiger charge is -2.30. The van der Waals surface area contributed by atoms with Gasteiger partial charge in [0.2, 0.25) is 12.7 Å². The number of rotatable bonds is 15. The van der Waals surface area contributed by atoms with Crippen LogP contribution in [0.3, 0.4) is 0 Å². The second kappa shape index (κ2) is 16.2. The van der Waals surface area contributed by atoms with Crippen molar-refractivity contribution in [3.8, 4) is 0 Å². The van der Waals surface area contributed by atoms with Gasteiger partial charge in [0.15, 0.2) is 6.10 Å². The van der Waals surface area contributed by atoms with Crippen molar-refractivity contribution < 1.29 is 49.1 Å². The van der Waals surface area contributed by atoms with E-state index in [0.717, 1.165) is 0 Å². The molecule has 0 bridgehead atoms. The maximum atomic E-state index is 12.8. The second-order valence-corrected chi connectivity index (χ2v) is 11.0. The van der Waals surface area contributed by atoms with E-state index in [1.165, 1.54) is 0 Å². The zero-order chi connectivity index (χ0) is 30.6. The highest BCUT2D eigenvalue weighted by molar-refractivity contribution is 5.83. The average Bonchev–Trinajstić information content (AvgIpc) is 2.89. The third-order valence-corrected chi connectivity index (χ3v) is 5.85. The quantitative estimate of drug-likeness (QED) is 0.103. The fraction of sp³-hybridized carbons (Fsp3) is 0.630. The molecule has 1 aromatic rings. The molecular weight excluding hydrogens is 526 g/mol. The maximum Gasteiger partial charge on any atom is 0.314 e. The largest absolute Gasteiger partial charge is 0.428 e. The highest BCUT2D eigenvalue weighted by atomic mass is 16.7. The summed E-state index contributed by atoms with van der Waals surface area (Å²) in [7, 11) is 0. The van der Waals surface area contributed by atoms with E-state index in [-0.39, 0.29) is 5.92 Å². The number of ether oxygens (including phenoxy) is 2. The van der Waals surface area contributed by atoms with Crippen molar-refractivity contribution in [2.24, 2.45) is 17.1 Å². The van der Waals surface area contributed by atoms with E-state index < -0.39 is 85.4 Å². The van der Waals surface area contributed by atoms with Gasteiger partial charge in [0.1, 0.15) is 12.2 Å². The molecule has 0 radical (unpaired) electrons. The number of aliphatic hydroxyl groups is 4. The molecule has 40 heavy (non-hydrogen) atoms. The molecular formula is C27H43N3O10. The van der Waals surface area contributed by atoms with E-state index in [1.807, 2.05) is 13.8 Å². The molecule has 0 spiro atoms. The molecule has 0 aliphatic heterocycles. The van der Waals surface area contributed by atoms with Crippen LogP contribution in [0.4, 0.5) is 0 Å². The molecule has 226 valence electrons. The van der Waals surface area contributed by atoms with Crippen LogP contribution >= 0.6 is 0 Å². The van der Waals surface area contributed by atoms with E-state index in [2.05, 4.69) is 10.6 Å². The number of carbonyl (C=O) groups excluding carboxylic acids is 4. The first-order valence-corrected chi connectivity index (χ1v) is 13.0. The van der Waals surface area contributed by atoms with Crippen molar-refractivity contribution in [3.05, 3.63) is 35.9 Å². The van der Waals surface area contributed by atoms with Crippen molar-refractivity contribution in [2.45, 2.75) is 83.9 Å². The van der Waals surface area contributed by atoms with E-state index in [0.29, 0.717) is 12.0 Å². The van der Waals surface area contributed by atoms with Gasteiger partial charge in [-0.15, -0.1) is 0 Å². The zero-order valence-electron chi connectivity index (χ0n) is 23.6. The number of hydrogen-bond acceptors (Lipinski definition) is 11. The van der Waals surface area contributed by atoms with Gasteiger partial charge in [-0.3, -0.25) is 19.2 Å². The topological polar surface area (TPSA) is 218 Å². The first kappa shape index (κ1) is 34.9. The SMILES string of the molecule is CC(C)C[C@H](N)C(=O)N[C@@H](CO)[C@@H](O)[C@@H](O)[C@H](O)C(=O)N[C@@H](CC(=O)OCOC(=O)C(C)(C)C)c1ccccc1. The molecule has 13 nitrogen and oxygen atoms in total. The Morgan fingerprint density at radius 3 is 2.05 bits per heavy atom. The molecule has 2 amide bonds. The zero-order valence-corrected chi connectivity index (χ0v) is 23.6. The number of aliphatic hydroxyl groups excluding tert-OH is 4. The third kappa shape index (κ3) is 11.6. The van der Waals surface area contributed by atoms with E-state index in [1.54, 1.807) is 51.1 Å². The van der Waals surface area contributed by atoms with Gasteiger partial charge >= 0.3 is 11.9 Å². The van der Waals surface area contributed by atoms with Gasteiger partial charge in [-0.05, 0) is 38.7 Å². The number of esters is 2. The van der Waals surface area contributed by atoms with Crippen LogP contribution in [-0.2, 0) is 28.7 Å². The summed E-state index contributed by atoms with van der Waals surface area (Å²) in [6.07, 6.45) is -6.37. The van der Waals surface area contributed by atoms with E-state index in [4.69, 9.17) is 15.2 Å². The highest BCUT2D eigenvalue weighted by Crippen LogP contribution is 2.19. The number of amides is 2. The minimum absolute atomic E-state index is 0.0997. The van der Waals surface area contributed by atoms with Gasteiger partial charge < -0.3 is 46.3 Å². The molecule has 6 atom stereocenters. The standard InChI is InChI=1S/C27H43N3O10/c1-15(2)11-17(28)24(36)30-19(13-31)21(33)22(34)23(35)25(37)29-18(16-9-7-6-8-10-16)12-20(32)39-14-40-26(38)27(3,4)5/h6-10,15,17-19,21-23,31,33-35H,11-14,28H2,1-5H3,(H,29,37)(H,30,36)/t17-,18-,19-,21+,22+,23-/m0/s1. The Balaban J connectivity index is 2.87. The fourth-order valence-corrected chi connectivity index (χ4v) is 3.51. The number of nitrogens with two attached hydrogens (primary N) is 1. The van der Waals surface area contributed by atoms with Gasteiger partial charge in [-0.1, -0.05) is 44.2 Å². The number of benzene rings is 1. The summed E-state index contributed by atoms with van der Waals surface area (Å²) >= 11 is 0. The summed E-state index contributed by atoms with van der Waals surface area (Å²) in [4.78, 5) is 49.4. The predicted octanol–water partition coefficient (Wildman–Crippen LogP) is -0.743. The molecule has 0 fully saturated rings. The van der Waals surface area contributed by atoms with Crippen molar-refractivity contribution in [2.75, 3.05) is 13.4 Å². The van der Waals surface area contributed by atoms with Crippen LogP contribution in [0.2, 0.25) is 0 Å². The molecule has 0 saturated carbocycles. The van der Waals surface area contributed by atoms with Gasteiger partial charge in [-0.25, -0.2) is 0 Å². The minimum atomic E-state index is -2.21. The summed E-state index contributed by atoms with van der Waals surface area (Å²) < 4.78 is 9.86. The second-order valence-electron chi connectivity index (χ2n) is 11.0. The van der Waals surface area contributed by atoms with E-state index in [9.17, 15) is 39.6 Å². The fourth-order valence-electron chi connectivity index (χ4n) is 3.51. The molecule has 8 N–H and O–H groups in total. The average molecular weight is 570 g/mol. The Morgan fingerprint density at radius 1 is 0.925 bits per heavy atom. The van der Waals surface area contributed by atoms with Crippen molar-refractivity contribution in [1.82, 2.24) is 10.6 Å². The Kier molecular flexibility index (Phi) is 14.2. The smallest absolute Gasteiger partial charge is 0.314 e. The number of hydrogen-bond donors (Lipinski definition) is 7. The van der Waals surface area contributed by atoms with Crippen molar-refractivity contribution >= 4 is 23.8 Å². The van der Waals surface area contributed by atoms with Gasteiger partial charge in [0.05, 0.1) is 36.6 Å². The predicted molar refractivity (Wildman–Crippen MR) is 143 cm³/mol. The summed E-state index contributed by atoms with van der Waals surface area (Å²) in [5.74, 6) is -3.14. The lowest BCUT2D eigenvalue weighted by atomic mass is 9.98. The highest BCUT2D eigenvalue weighted by Gasteiger charge is 2.37. The first-order valence-electron chi connectivity index (χ1n) is 13.0. The van der Waals surface area contributed by atoms with Gasteiger partial charge in [0, 0.05) is 0 Å². The summed E-state index contributed by atoms with van der Waals surface area (Å²) in [5.41, 5.74) is 5.47. The molecule has 0 unspecified atom stereocenters. The minimum Gasteiger partial charge on any atom is -0.428 e. The summed E-state index contributed by atoms with van der Waals surface area (Å²) in [5, 5.41) is 45.8. The van der Waals surface area contributed by atoms with Crippen molar-refractivity contribution in [3.63, 3.8) is 0 Å². The third-order valence-electron chi connectivity index (χ3n) is 5.85. The van der Waals surface area contributed by atoms with Crippen LogP contribution in [0.25, 0.3) is 0 Å². The first-order chi connectivity index (χ1) is 18.6. The van der Waals surface area contributed by atoms with Crippen LogP contribution in [0.15, 0.2) is 30.3 Å².